The van der Waals surface area contributed by atoms with E-state index in [-0.39, 0.29) is 5.75 Å². The van der Waals surface area contributed by atoms with Gasteiger partial charge in [-0.3, -0.25) is 0 Å². The molecule has 4 N–H and O–H groups in total. The summed E-state index contributed by atoms with van der Waals surface area (Å²) in [6.07, 6.45) is 0. The number of hydrogen-bond acceptors (Lipinski definition) is 7. The number of hydrogen-bond donors (Lipinski definition) is 3. The zero-order chi connectivity index (χ0) is 15.2. The van der Waals surface area contributed by atoms with E-state index in [1.165, 1.54) is 0 Å². The van der Waals surface area contributed by atoms with E-state index in [1.54, 1.807) is 31.4 Å². The lowest BCUT2D eigenvalue weighted by atomic mass is 10.2. The predicted molar refractivity (Wildman–Crippen MR) is 78.8 cm³/mol. The molecule has 7 heteroatoms. The van der Waals surface area contributed by atoms with E-state index in [9.17, 15) is 5.11 Å². The van der Waals surface area contributed by atoms with Crippen molar-refractivity contribution < 1.29 is 14.6 Å². The summed E-state index contributed by atoms with van der Waals surface area (Å²) in [6, 6.07) is 6.65. The van der Waals surface area contributed by atoms with Crippen molar-refractivity contribution in [2.75, 3.05) is 19.1 Å². The number of phenolic OH excluding ortho intramolecular Hbond substituents is 1. The lowest BCUT2D eigenvalue weighted by Crippen LogP contribution is -2.11. The summed E-state index contributed by atoms with van der Waals surface area (Å²) >= 11 is 0. The maximum atomic E-state index is 9.73. The molecule has 0 fully saturated rings. The summed E-state index contributed by atoms with van der Waals surface area (Å²) in [5.74, 6) is 6.83. The molecule has 112 valence electrons. The predicted octanol–water partition coefficient (Wildman–Crippen LogP) is 1.68. The monoisotopic (exact) mass is 290 g/mol. The second-order valence-corrected chi connectivity index (χ2v) is 4.26. The summed E-state index contributed by atoms with van der Waals surface area (Å²) in [6.45, 7) is 2.65. The Balaban J connectivity index is 2.44. The normalized spacial score (nSPS) is 10.4. The molecule has 21 heavy (non-hydrogen) atoms. The van der Waals surface area contributed by atoms with E-state index < -0.39 is 0 Å². The highest BCUT2D eigenvalue weighted by atomic mass is 16.5. The van der Waals surface area contributed by atoms with E-state index in [2.05, 4.69) is 15.4 Å². The average Bonchev–Trinajstić information content (AvgIpc) is 2.49. The minimum absolute atomic E-state index is 0.0748. The van der Waals surface area contributed by atoms with Crippen LogP contribution in [0.3, 0.4) is 0 Å². The van der Waals surface area contributed by atoms with Gasteiger partial charge in [0.2, 0.25) is 0 Å². The molecular formula is C14H18N4O3. The molecule has 0 aliphatic carbocycles. The molecule has 0 aliphatic heterocycles. The number of methoxy groups -OCH3 is 1. The fraction of sp³-hybridized carbons (Fsp3) is 0.286. The van der Waals surface area contributed by atoms with Crippen molar-refractivity contribution in [1.82, 2.24) is 9.97 Å². The van der Waals surface area contributed by atoms with Crippen molar-refractivity contribution in [3.63, 3.8) is 0 Å². The highest BCUT2D eigenvalue weighted by Gasteiger charge is 2.10. The van der Waals surface area contributed by atoms with Crippen LogP contribution < -0.4 is 16.0 Å². The summed E-state index contributed by atoms with van der Waals surface area (Å²) in [4.78, 5) is 8.70. The Morgan fingerprint density at radius 3 is 2.76 bits per heavy atom. The van der Waals surface area contributed by atoms with Gasteiger partial charge in [0.15, 0.2) is 17.3 Å². The maximum Gasteiger partial charge on any atom is 0.162 e. The van der Waals surface area contributed by atoms with Gasteiger partial charge in [-0.1, -0.05) is 0 Å². The van der Waals surface area contributed by atoms with Crippen molar-refractivity contribution in [2.24, 2.45) is 5.84 Å². The summed E-state index contributed by atoms with van der Waals surface area (Å²) < 4.78 is 10.4. The van der Waals surface area contributed by atoms with E-state index >= 15 is 0 Å². The number of hydrazine groups is 1. The van der Waals surface area contributed by atoms with Crippen LogP contribution in [0.1, 0.15) is 12.6 Å². The highest BCUT2D eigenvalue weighted by molar-refractivity contribution is 5.62. The van der Waals surface area contributed by atoms with Crippen LogP contribution in [0.2, 0.25) is 0 Å². The number of anilines is 1. The number of aromatic hydroxyl groups is 1. The number of benzene rings is 1. The lowest BCUT2D eigenvalue weighted by molar-refractivity contribution is 0.181. The fourth-order valence-corrected chi connectivity index (χ4v) is 1.85. The summed E-state index contributed by atoms with van der Waals surface area (Å²) in [5.41, 5.74) is 3.91. The second kappa shape index (κ2) is 6.87. The first-order chi connectivity index (χ1) is 10.2. The Morgan fingerprint density at radius 1 is 1.29 bits per heavy atom. The van der Waals surface area contributed by atoms with Crippen LogP contribution in [0.25, 0.3) is 11.4 Å². The SMILES string of the molecule is CCOc1cc(-c2nc(COC)cc(NN)n2)ccc1O. The molecule has 0 saturated heterocycles. The van der Waals surface area contributed by atoms with Crippen molar-refractivity contribution in [3.05, 3.63) is 30.0 Å². The van der Waals surface area contributed by atoms with Gasteiger partial charge in [-0.05, 0) is 25.1 Å². The Morgan fingerprint density at radius 2 is 2.10 bits per heavy atom. The zero-order valence-electron chi connectivity index (χ0n) is 12.0. The van der Waals surface area contributed by atoms with Gasteiger partial charge in [0.05, 0.1) is 18.9 Å². The minimum Gasteiger partial charge on any atom is -0.504 e. The zero-order valence-corrected chi connectivity index (χ0v) is 12.0. The van der Waals surface area contributed by atoms with Crippen LogP contribution in [-0.4, -0.2) is 28.8 Å². The summed E-state index contributed by atoms with van der Waals surface area (Å²) in [7, 11) is 1.59. The topological polar surface area (TPSA) is 103 Å². The third-order valence-corrected chi connectivity index (χ3v) is 2.74. The number of rotatable bonds is 6. The van der Waals surface area contributed by atoms with Gasteiger partial charge in [0.25, 0.3) is 0 Å². The molecule has 0 aliphatic rings. The molecule has 2 rings (SSSR count). The Labute approximate surface area is 122 Å². The number of nitrogens with one attached hydrogen (secondary N) is 1. The number of nitrogens with two attached hydrogens (primary N) is 1. The van der Waals surface area contributed by atoms with Gasteiger partial charge in [-0.15, -0.1) is 0 Å². The molecule has 1 aromatic heterocycles. The number of nitrogens with zero attached hydrogens (tertiary/aromatic N) is 2. The van der Waals surface area contributed by atoms with E-state index in [0.717, 1.165) is 0 Å². The Hall–Kier alpha value is -2.38. The fourth-order valence-electron chi connectivity index (χ4n) is 1.85. The van der Waals surface area contributed by atoms with Crippen LogP contribution in [0.4, 0.5) is 5.82 Å². The molecule has 0 unspecified atom stereocenters. The van der Waals surface area contributed by atoms with Gasteiger partial charge in [0.1, 0.15) is 5.82 Å². The molecule has 1 aromatic carbocycles. The molecule has 1 heterocycles. The maximum absolute atomic E-state index is 9.73. The standard InChI is InChI=1S/C14H18N4O3/c1-3-21-12-6-9(4-5-11(12)19)14-16-10(8-20-2)7-13(17-14)18-15/h4-7,19H,3,8,15H2,1-2H3,(H,16,17,18). The van der Waals surface area contributed by atoms with Crippen LogP contribution >= 0.6 is 0 Å². The molecule has 0 amide bonds. The lowest BCUT2D eigenvalue weighted by Gasteiger charge is -2.10. The molecular weight excluding hydrogens is 272 g/mol. The van der Waals surface area contributed by atoms with Crippen molar-refractivity contribution in [2.45, 2.75) is 13.5 Å². The van der Waals surface area contributed by atoms with Crippen LogP contribution in [-0.2, 0) is 11.3 Å². The smallest absolute Gasteiger partial charge is 0.162 e. The molecule has 0 radical (unpaired) electrons. The van der Waals surface area contributed by atoms with Gasteiger partial charge in [0, 0.05) is 18.7 Å². The third-order valence-electron chi connectivity index (χ3n) is 2.74. The molecule has 7 nitrogen and oxygen atoms in total. The molecule has 0 spiro atoms. The highest BCUT2D eigenvalue weighted by Crippen LogP contribution is 2.30. The van der Waals surface area contributed by atoms with Crippen LogP contribution in [0.15, 0.2) is 24.3 Å². The van der Waals surface area contributed by atoms with E-state index in [4.69, 9.17) is 15.3 Å². The molecule has 2 aromatic rings. The van der Waals surface area contributed by atoms with Crippen molar-refractivity contribution in [1.29, 1.82) is 0 Å². The summed E-state index contributed by atoms with van der Waals surface area (Å²) in [5, 5.41) is 9.73. The first-order valence-electron chi connectivity index (χ1n) is 6.47. The van der Waals surface area contributed by atoms with Crippen molar-refractivity contribution >= 4 is 5.82 Å². The molecule has 0 bridgehead atoms. The second-order valence-electron chi connectivity index (χ2n) is 4.26. The molecule has 0 saturated carbocycles. The minimum atomic E-state index is 0.0748. The largest absolute Gasteiger partial charge is 0.504 e. The van der Waals surface area contributed by atoms with Gasteiger partial charge < -0.3 is 20.0 Å². The molecule has 0 atom stereocenters. The van der Waals surface area contributed by atoms with E-state index in [1.807, 2.05) is 6.92 Å². The number of aromatic nitrogens is 2. The van der Waals surface area contributed by atoms with Crippen molar-refractivity contribution in [3.8, 4) is 22.9 Å². The first kappa shape index (κ1) is 15.0. The average molecular weight is 290 g/mol. The number of ether oxygens (including phenoxy) is 2. The Bertz CT molecular complexity index is 619. The van der Waals surface area contributed by atoms with Gasteiger partial charge >= 0.3 is 0 Å². The van der Waals surface area contributed by atoms with E-state index in [0.29, 0.717) is 41.9 Å². The quantitative estimate of drug-likeness (QED) is 0.549. The van der Waals surface area contributed by atoms with Gasteiger partial charge in [-0.2, -0.15) is 0 Å². The van der Waals surface area contributed by atoms with Gasteiger partial charge in [-0.25, -0.2) is 15.8 Å². The number of nitrogen functional groups attached to an aromatic ring is 1. The van der Waals surface area contributed by atoms with Crippen LogP contribution in [0.5, 0.6) is 11.5 Å². The van der Waals surface area contributed by atoms with Crippen LogP contribution in [0, 0.1) is 0 Å². The first-order valence-corrected chi connectivity index (χ1v) is 6.47. The third kappa shape index (κ3) is 3.59. The number of phenols is 1. The Kier molecular flexibility index (Phi) is 4.91.